The fraction of sp³-hybridized carbons (Fsp3) is 0.455. The van der Waals surface area contributed by atoms with Crippen molar-refractivity contribution < 1.29 is 4.39 Å². The highest BCUT2D eigenvalue weighted by Gasteiger charge is 2.43. The number of nitrogens with two attached hydrogens (primary N) is 1. The number of halogens is 2. The largest absolute Gasteiger partial charge is 0.328 e. The summed E-state index contributed by atoms with van der Waals surface area (Å²) in [5.74, 6) is 0.416. The van der Waals surface area contributed by atoms with Gasteiger partial charge in [0.1, 0.15) is 5.82 Å². The summed E-state index contributed by atoms with van der Waals surface area (Å²) in [6.45, 7) is 1.96. The van der Waals surface area contributed by atoms with Crippen LogP contribution in [0.15, 0.2) is 18.2 Å². The van der Waals surface area contributed by atoms with E-state index in [0.717, 1.165) is 6.42 Å². The number of benzene rings is 1. The third-order valence-electron chi connectivity index (χ3n) is 2.89. The highest BCUT2D eigenvalue weighted by atomic mass is 35.5. The third-order valence-corrected chi connectivity index (χ3v) is 3.22. The molecular weight excluding hydrogens is 201 g/mol. The van der Waals surface area contributed by atoms with Gasteiger partial charge in [0.2, 0.25) is 0 Å². The lowest BCUT2D eigenvalue weighted by Gasteiger charge is -2.06. The molecule has 2 N–H and O–H groups in total. The molecule has 0 heterocycles. The number of hydrogen-bond acceptors (Lipinski definition) is 1. The fourth-order valence-electron chi connectivity index (χ4n) is 1.99. The Morgan fingerprint density at radius 1 is 1.57 bits per heavy atom. The molecule has 3 atom stereocenters. The molecule has 0 saturated heterocycles. The van der Waals surface area contributed by atoms with Crippen LogP contribution in [0.1, 0.15) is 24.8 Å². The monoisotopic (exact) mass is 213 g/mol. The minimum Gasteiger partial charge on any atom is -0.328 e. The second kappa shape index (κ2) is 3.52. The van der Waals surface area contributed by atoms with Gasteiger partial charge in [-0.3, -0.25) is 0 Å². The molecule has 1 aliphatic carbocycles. The summed E-state index contributed by atoms with van der Waals surface area (Å²) in [6.07, 6.45) is 0.957. The van der Waals surface area contributed by atoms with E-state index >= 15 is 0 Å². The molecule has 0 amide bonds. The van der Waals surface area contributed by atoms with Gasteiger partial charge in [0.05, 0.1) is 0 Å². The number of hydrogen-bond donors (Lipinski definition) is 1. The first-order valence-electron chi connectivity index (χ1n) is 4.80. The average molecular weight is 214 g/mol. The summed E-state index contributed by atoms with van der Waals surface area (Å²) in [5.41, 5.74) is 6.41. The molecule has 1 aromatic rings. The Balaban J connectivity index is 2.26. The maximum absolute atomic E-state index is 13.5. The minimum absolute atomic E-state index is 0.121. The quantitative estimate of drug-likeness (QED) is 0.803. The van der Waals surface area contributed by atoms with E-state index in [4.69, 9.17) is 17.3 Å². The summed E-state index contributed by atoms with van der Waals surface area (Å²) in [5, 5.41) is 0.526. The third kappa shape index (κ3) is 1.64. The Hall–Kier alpha value is -0.600. The summed E-state index contributed by atoms with van der Waals surface area (Å²) in [4.78, 5) is 0. The van der Waals surface area contributed by atoms with Gasteiger partial charge >= 0.3 is 0 Å². The topological polar surface area (TPSA) is 26.0 Å². The summed E-state index contributed by atoms with van der Waals surface area (Å²) in [7, 11) is 0. The van der Waals surface area contributed by atoms with Crippen molar-refractivity contribution in [2.45, 2.75) is 25.3 Å². The highest BCUT2D eigenvalue weighted by Crippen LogP contribution is 2.51. The van der Waals surface area contributed by atoms with Crippen LogP contribution in [0.2, 0.25) is 5.02 Å². The summed E-state index contributed by atoms with van der Waals surface area (Å²) >= 11 is 5.95. The summed E-state index contributed by atoms with van der Waals surface area (Å²) < 4.78 is 13.5. The second-order valence-electron chi connectivity index (χ2n) is 4.00. The molecule has 2 rings (SSSR count). The first-order valence-corrected chi connectivity index (χ1v) is 5.18. The average Bonchev–Trinajstić information content (AvgIpc) is 2.83. The Bertz CT molecular complexity index is 331. The zero-order valence-electron chi connectivity index (χ0n) is 8.00. The fourth-order valence-corrected chi connectivity index (χ4v) is 2.30. The lowest BCUT2D eigenvalue weighted by atomic mass is 10.1. The Kier molecular flexibility index (Phi) is 2.50. The Morgan fingerprint density at radius 2 is 2.29 bits per heavy atom. The van der Waals surface area contributed by atoms with Gasteiger partial charge in [-0.15, -0.1) is 0 Å². The van der Waals surface area contributed by atoms with Crippen molar-refractivity contribution in [1.29, 1.82) is 0 Å². The van der Waals surface area contributed by atoms with Crippen molar-refractivity contribution in [3.63, 3.8) is 0 Å². The van der Waals surface area contributed by atoms with Gasteiger partial charge < -0.3 is 5.73 Å². The molecule has 1 nitrogen and oxygen atoms in total. The van der Waals surface area contributed by atoms with Crippen LogP contribution >= 0.6 is 11.6 Å². The van der Waals surface area contributed by atoms with Crippen LogP contribution in [0.3, 0.4) is 0 Å². The van der Waals surface area contributed by atoms with Crippen LogP contribution in [-0.2, 0) is 0 Å². The molecule has 0 bridgehead atoms. The van der Waals surface area contributed by atoms with E-state index in [9.17, 15) is 4.39 Å². The van der Waals surface area contributed by atoms with E-state index in [0.29, 0.717) is 16.5 Å². The molecule has 76 valence electrons. The van der Waals surface area contributed by atoms with Crippen molar-refractivity contribution in [3.05, 3.63) is 34.6 Å². The van der Waals surface area contributed by atoms with E-state index < -0.39 is 0 Å². The Morgan fingerprint density at radius 3 is 2.79 bits per heavy atom. The molecule has 0 aromatic heterocycles. The van der Waals surface area contributed by atoms with Gasteiger partial charge in [-0.25, -0.2) is 4.39 Å². The van der Waals surface area contributed by atoms with Crippen LogP contribution in [0.25, 0.3) is 0 Å². The van der Waals surface area contributed by atoms with Crippen molar-refractivity contribution >= 4 is 11.6 Å². The normalized spacial score (nSPS) is 27.4. The minimum atomic E-state index is -0.203. The molecule has 14 heavy (non-hydrogen) atoms. The standard InChI is InChI=1S/C11H13ClFN/c1-6(14)7-5-8(7)11-9(12)3-2-4-10(11)13/h2-4,6-8H,5,14H2,1H3/t6-,7+,8-/m0/s1. The van der Waals surface area contributed by atoms with E-state index in [2.05, 4.69) is 0 Å². The predicted octanol–water partition coefficient (Wildman–Crippen LogP) is 2.93. The van der Waals surface area contributed by atoms with E-state index in [1.165, 1.54) is 6.07 Å². The molecule has 0 radical (unpaired) electrons. The zero-order valence-corrected chi connectivity index (χ0v) is 8.76. The lowest BCUT2D eigenvalue weighted by molar-refractivity contribution is 0.589. The molecule has 1 saturated carbocycles. The van der Waals surface area contributed by atoms with Crippen molar-refractivity contribution in [2.75, 3.05) is 0 Å². The first-order chi connectivity index (χ1) is 6.61. The van der Waals surface area contributed by atoms with Crippen molar-refractivity contribution in [1.82, 2.24) is 0 Å². The second-order valence-corrected chi connectivity index (χ2v) is 4.41. The van der Waals surface area contributed by atoms with Gasteiger partial charge in [0, 0.05) is 16.6 Å². The van der Waals surface area contributed by atoms with Crippen LogP contribution in [0.4, 0.5) is 4.39 Å². The van der Waals surface area contributed by atoms with Crippen LogP contribution < -0.4 is 5.73 Å². The summed E-state index contributed by atoms with van der Waals surface area (Å²) in [6, 6.07) is 4.94. The molecule has 1 aliphatic rings. The molecule has 0 aliphatic heterocycles. The van der Waals surface area contributed by atoms with Gasteiger partial charge in [0.15, 0.2) is 0 Å². The lowest BCUT2D eigenvalue weighted by Crippen LogP contribution is -2.18. The molecule has 1 fully saturated rings. The van der Waals surface area contributed by atoms with E-state index in [1.807, 2.05) is 6.92 Å². The van der Waals surface area contributed by atoms with E-state index in [1.54, 1.807) is 12.1 Å². The van der Waals surface area contributed by atoms with Crippen LogP contribution in [-0.4, -0.2) is 6.04 Å². The van der Waals surface area contributed by atoms with Gasteiger partial charge in [-0.2, -0.15) is 0 Å². The first kappa shape index (κ1) is 9.94. The highest BCUT2D eigenvalue weighted by molar-refractivity contribution is 6.31. The molecular formula is C11H13ClFN. The smallest absolute Gasteiger partial charge is 0.128 e. The van der Waals surface area contributed by atoms with Gasteiger partial charge in [0.25, 0.3) is 0 Å². The maximum atomic E-state index is 13.5. The number of rotatable bonds is 2. The SMILES string of the molecule is C[C@H](N)[C@H]1C[C@@H]1c1c(F)cccc1Cl. The molecule has 3 heteroatoms. The van der Waals surface area contributed by atoms with Gasteiger partial charge in [-0.1, -0.05) is 17.7 Å². The van der Waals surface area contributed by atoms with Crippen LogP contribution in [0, 0.1) is 11.7 Å². The van der Waals surface area contributed by atoms with Crippen molar-refractivity contribution in [2.24, 2.45) is 11.7 Å². The zero-order chi connectivity index (χ0) is 10.3. The van der Waals surface area contributed by atoms with Crippen molar-refractivity contribution in [3.8, 4) is 0 Å². The Labute approximate surface area is 88.1 Å². The molecule has 0 unspecified atom stereocenters. The molecule has 1 aromatic carbocycles. The predicted molar refractivity (Wildman–Crippen MR) is 55.9 cm³/mol. The van der Waals surface area contributed by atoms with Crippen LogP contribution in [0.5, 0.6) is 0 Å². The van der Waals surface area contributed by atoms with E-state index in [-0.39, 0.29) is 17.8 Å². The van der Waals surface area contributed by atoms with Gasteiger partial charge in [-0.05, 0) is 37.3 Å². The molecule has 0 spiro atoms. The maximum Gasteiger partial charge on any atom is 0.128 e.